The lowest BCUT2D eigenvalue weighted by molar-refractivity contribution is -0.385. The summed E-state index contributed by atoms with van der Waals surface area (Å²) in [6.45, 7) is 0. The minimum atomic E-state index is -0.826. The first-order valence-corrected chi connectivity index (χ1v) is 5.69. The number of hydrogen-bond donors (Lipinski definition) is 0. The molecule has 8 heteroatoms. The second-order valence-corrected chi connectivity index (χ2v) is 4.33. The largest absolute Gasteiger partial charge is 0.429 e. The summed E-state index contributed by atoms with van der Waals surface area (Å²) in [4.78, 5) is 13.6. The van der Waals surface area contributed by atoms with Crippen LogP contribution < -0.4 is 4.74 Å². The summed E-state index contributed by atoms with van der Waals surface area (Å²) in [5.41, 5.74) is -0.481. The van der Waals surface area contributed by atoms with Gasteiger partial charge in [0.25, 0.3) is 5.88 Å². The highest BCUT2D eigenvalue weighted by Crippen LogP contribution is 2.32. The van der Waals surface area contributed by atoms with Gasteiger partial charge in [-0.3, -0.25) is 10.1 Å². The summed E-state index contributed by atoms with van der Waals surface area (Å²) < 4.78 is 31.9. The summed E-state index contributed by atoms with van der Waals surface area (Å²) in [5.74, 6) is -2.46. The minimum absolute atomic E-state index is 0.381. The molecule has 0 amide bonds. The van der Waals surface area contributed by atoms with Crippen LogP contribution in [-0.2, 0) is 0 Å². The highest BCUT2D eigenvalue weighted by molar-refractivity contribution is 9.10. The van der Waals surface area contributed by atoms with Crippen LogP contribution in [0.4, 0.5) is 14.5 Å². The fourth-order valence-corrected chi connectivity index (χ4v) is 1.61. The Kier molecular flexibility index (Phi) is 3.70. The van der Waals surface area contributed by atoms with Crippen molar-refractivity contribution in [3.05, 3.63) is 56.7 Å². The van der Waals surface area contributed by atoms with Gasteiger partial charge in [-0.1, -0.05) is 0 Å². The zero-order valence-corrected chi connectivity index (χ0v) is 10.7. The number of pyridine rings is 1. The molecule has 0 unspecified atom stereocenters. The summed E-state index contributed by atoms with van der Waals surface area (Å²) in [6, 6.07) is 3.71. The summed E-state index contributed by atoms with van der Waals surface area (Å²) in [5, 5.41) is 10.7. The fourth-order valence-electron chi connectivity index (χ4n) is 1.30. The standard InChI is InChI=1S/C11H5BrF2N2O3/c12-6-3-8(14)11(15-5-6)19-10-4-7(13)1-2-9(10)16(17)18/h1-5H. The predicted molar refractivity (Wildman–Crippen MR) is 65.0 cm³/mol. The predicted octanol–water partition coefficient (Wildman–Crippen LogP) is 3.82. The topological polar surface area (TPSA) is 65.3 Å². The van der Waals surface area contributed by atoms with Crippen molar-refractivity contribution in [2.45, 2.75) is 0 Å². The highest BCUT2D eigenvalue weighted by Gasteiger charge is 2.18. The van der Waals surface area contributed by atoms with Crippen LogP contribution in [0.5, 0.6) is 11.6 Å². The fraction of sp³-hybridized carbons (Fsp3) is 0. The van der Waals surface area contributed by atoms with Crippen LogP contribution in [0, 0.1) is 21.7 Å². The quantitative estimate of drug-likeness (QED) is 0.633. The second-order valence-electron chi connectivity index (χ2n) is 3.41. The first kappa shape index (κ1) is 13.3. The number of nitro benzene ring substituents is 1. The zero-order chi connectivity index (χ0) is 14.0. The molecular formula is C11H5BrF2N2O3. The molecule has 0 aliphatic rings. The van der Waals surface area contributed by atoms with Crippen LogP contribution in [-0.4, -0.2) is 9.91 Å². The third-order valence-electron chi connectivity index (χ3n) is 2.10. The molecule has 2 aromatic rings. The van der Waals surface area contributed by atoms with E-state index >= 15 is 0 Å². The van der Waals surface area contributed by atoms with Crippen molar-refractivity contribution in [1.29, 1.82) is 0 Å². The van der Waals surface area contributed by atoms with Crippen LogP contribution in [0.1, 0.15) is 0 Å². The van der Waals surface area contributed by atoms with Gasteiger partial charge in [-0.2, -0.15) is 0 Å². The average Bonchev–Trinajstić information content (AvgIpc) is 2.32. The van der Waals surface area contributed by atoms with Crippen LogP contribution in [0.25, 0.3) is 0 Å². The molecule has 1 aromatic heterocycles. The van der Waals surface area contributed by atoms with Crippen LogP contribution in [0.15, 0.2) is 34.9 Å². The smallest absolute Gasteiger partial charge is 0.311 e. The number of halogens is 3. The van der Waals surface area contributed by atoms with E-state index in [2.05, 4.69) is 20.9 Å². The van der Waals surface area contributed by atoms with E-state index in [9.17, 15) is 18.9 Å². The molecule has 0 radical (unpaired) electrons. The third kappa shape index (κ3) is 3.02. The summed E-state index contributed by atoms with van der Waals surface area (Å²) >= 11 is 3.00. The van der Waals surface area contributed by atoms with Gasteiger partial charge in [0.05, 0.1) is 4.92 Å². The van der Waals surface area contributed by atoms with E-state index in [1.807, 2.05) is 0 Å². The summed E-state index contributed by atoms with van der Waals surface area (Å²) in [6.07, 6.45) is 1.25. The van der Waals surface area contributed by atoms with E-state index in [-0.39, 0.29) is 0 Å². The molecule has 0 aliphatic carbocycles. The molecule has 0 aliphatic heterocycles. The van der Waals surface area contributed by atoms with Crippen molar-refractivity contribution in [2.24, 2.45) is 0 Å². The highest BCUT2D eigenvalue weighted by atomic mass is 79.9. The normalized spacial score (nSPS) is 10.3. The van der Waals surface area contributed by atoms with Crippen molar-refractivity contribution in [2.75, 3.05) is 0 Å². The maximum atomic E-state index is 13.5. The lowest BCUT2D eigenvalue weighted by Gasteiger charge is -2.06. The molecule has 19 heavy (non-hydrogen) atoms. The third-order valence-corrected chi connectivity index (χ3v) is 2.53. The lowest BCUT2D eigenvalue weighted by Crippen LogP contribution is -1.97. The molecule has 1 heterocycles. The van der Waals surface area contributed by atoms with Gasteiger partial charge < -0.3 is 4.74 Å². The van der Waals surface area contributed by atoms with Crippen LogP contribution in [0.3, 0.4) is 0 Å². The Morgan fingerprint density at radius 3 is 2.68 bits per heavy atom. The monoisotopic (exact) mass is 330 g/mol. The lowest BCUT2D eigenvalue weighted by atomic mass is 10.3. The molecule has 0 bridgehead atoms. The maximum absolute atomic E-state index is 13.5. The molecule has 0 saturated carbocycles. The number of nitrogens with zero attached hydrogens (tertiary/aromatic N) is 2. The van der Waals surface area contributed by atoms with E-state index in [0.29, 0.717) is 4.47 Å². The van der Waals surface area contributed by atoms with E-state index in [4.69, 9.17) is 4.74 Å². The van der Waals surface area contributed by atoms with Crippen molar-refractivity contribution >= 4 is 21.6 Å². The first-order valence-electron chi connectivity index (χ1n) is 4.90. The average molecular weight is 331 g/mol. The van der Waals surface area contributed by atoms with Crippen molar-refractivity contribution in [3.8, 4) is 11.6 Å². The Morgan fingerprint density at radius 2 is 2.05 bits per heavy atom. The van der Waals surface area contributed by atoms with Gasteiger partial charge in [-0.15, -0.1) is 0 Å². The Labute approximate surface area is 114 Å². The van der Waals surface area contributed by atoms with Gasteiger partial charge in [-0.05, 0) is 28.1 Å². The molecule has 1 aromatic carbocycles. The summed E-state index contributed by atoms with van der Waals surface area (Å²) in [7, 11) is 0. The van der Waals surface area contributed by atoms with Gasteiger partial charge in [0, 0.05) is 22.8 Å². The Morgan fingerprint density at radius 1 is 1.32 bits per heavy atom. The van der Waals surface area contributed by atoms with Gasteiger partial charge in [0.1, 0.15) is 5.82 Å². The van der Waals surface area contributed by atoms with Gasteiger partial charge in [-0.25, -0.2) is 13.8 Å². The Hall–Kier alpha value is -2.09. The molecule has 0 saturated heterocycles. The van der Waals surface area contributed by atoms with E-state index in [1.54, 1.807) is 0 Å². The first-order chi connectivity index (χ1) is 8.97. The van der Waals surface area contributed by atoms with Gasteiger partial charge in [0.15, 0.2) is 5.82 Å². The number of ether oxygens (including phenoxy) is 1. The molecule has 2 rings (SSSR count). The van der Waals surface area contributed by atoms with Crippen molar-refractivity contribution in [3.63, 3.8) is 0 Å². The maximum Gasteiger partial charge on any atom is 0.311 e. The zero-order valence-electron chi connectivity index (χ0n) is 9.14. The number of benzene rings is 1. The number of nitro groups is 1. The van der Waals surface area contributed by atoms with Crippen LogP contribution in [0.2, 0.25) is 0 Å². The van der Waals surface area contributed by atoms with Crippen LogP contribution >= 0.6 is 15.9 Å². The second kappa shape index (κ2) is 5.27. The molecule has 0 fully saturated rings. The molecule has 0 N–H and O–H groups in total. The van der Waals surface area contributed by atoms with Gasteiger partial charge >= 0.3 is 5.69 Å². The number of rotatable bonds is 3. The molecular weight excluding hydrogens is 326 g/mol. The van der Waals surface area contributed by atoms with Crippen molar-refractivity contribution in [1.82, 2.24) is 4.98 Å². The number of aromatic nitrogens is 1. The minimum Gasteiger partial charge on any atom is -0.429 e. The Balaban J connectivity index is 2.42. The number of hydrogen-bond acceptors (Lipinski definition) is 4. The van der Waals surface area contributed by atoms with Crippen molar-refractivity contribution < 1.29 is 18.4 Å². The van der Waals surface area contributed by atoms with E-state index in [1.165, 1.54) is 6.20 Å². The van der Waals surface area contributed by atoms with Gasteiger partial charge in [0.2, 0.25) is 5.75 Å². The molecule has 0 atom stereocenters. The molecule has 98 valence electrons. The van der Waals surface area contributed by atoms with E-state index < -0.39 is 33.9 Å². The van der Waals surface area contributed by atoms with E-state index in [0.717, 1.165) is 24.3 Å². The molecule has 0 spiro atoms. The SMILES string of the molecule is O=[N+]([O-])c1ccc(F)cc1Oc1ncc(Br)cc1F. The molecule has 5 nitrogen and oxygen atoms in total. The Bertz CT molecular complexity index is 652.